The van der Waals surface area contributed by atoms with Crippen molar-refractivity contribution < 1.29 is 14.1 Å². The maximum atomic E-state index is 13.2. The fourth-order valence-corrected chi connectivity index (χ4v) is 3.80. The molecule has 4 nitrogen and oxygen atoms in total. The zero-order valence-corrected chi connectivity index (χ0v) is 11.9. The maximum absolute atomic E-state index is 13.2. The first-order valence-electron chi connectivity index (χ1n) is 6.62. The van der Waals surface area contributed by atoms with Crippen LogP contribution in [0.4, 0.5) is 10.1 Å². The Balaban J connectivity index is 2.03. The number of nitrogens with zero attached hydrogens (tertiary/aromatic N) is 1. The molecule has 1 aromatic heterocycles. The van der Waals surface area contributed by atoms with Crippen molar-refractivity contribution in [3.63, 3.8) is 0 Å². The molecule has 108 valence electrons. The van der Waals surface area contributed by atoms with Crippen LogP contribution in [0, 0.1) is 15.9 Å². The van der Waals surface area contributed by atoms with Crippen molar-refractivity contribution in [2.75, 3.05) is 0 Å². The van der Waals surface area contributed by atoms with Gasteiger partial charge in [0.1, 0.15) is 5.82 Å². The lowest BCUT2D eigenvalue weighted by molar-refractivity contribution is -0.385. The lowest BCUT2D eigenvalue weighted by atomic mass is 9.82. The average Bonchev–Trinajstić information content (AvgIpc) is 2.94. The highest BCUT2D eigenvalue weighted by Crippen LogP contribution is 2.38. The Kier molecular flexibility index (Phi) is 3.55. The first kappa shape index (κ1) is 13.9. The minimum Gasteiger partial charge on any atom is -0.293 e. The van der Waals surface area contributed by atoms with Crippen LogP contribution in [0.3, 0.4) is 0 Å². The molecule has 0 bridgehead atoms. The molecule has 0 radical (unpaired) electrons. The maximum Gasteiger partial charge on any atom is 0.283 e. The van der Waals surface area contributed by atoms with E-state index < -0.39 is 16.4 Å². The van der Waals surface area contributed by atoms with Gasteiger partial charge in [-0.15, -0.1) is 11.3 Å². The van der Waals surface area contributed by atoms with E-state index in [2.05, 4.69) is 0 Å². The van der Waals surface area contributed by atoms with E-state index in [9.17, 15) is 19.3 Å². The van der Waals surface area contributed by atoms with E-state index in [-0.39, 0.29) is 17.3 Å². The Morgan fingerprint density at radius 2 is 2.19 bits per heavy atom. The molecule has 0 spiro atoms. The summed E-state index contributed by atoms with van der Waals surface area (Å²) in [6.45, 7) is 0. The molecule has 0 amide bonds. The van der Waals surface area contributed by atoms with E-state index >= 15 is 0 Å². The van der Waals surface area contributed by atoms with Crippen LogP contribution in [-0.4, -0.2) is 10.7 Å². The number of aryl methyl sites for hydroxylation is 1. The number of rotatable bonds is 3. The summed E-state index contributed by atoms with van der Waals surface area (Å²) in [5.41, 5.74) is 0.502. The second-order valence-corrected chi connectivity index (χ2v) is 6.03. The van der Waals surface area contributed by atoms with Gasteiger partial charge >= 0.3 is 0 Å². The standard InChI is InChI=1S/C15H12FNO3S/c16-9-4-5-12(13(8-9)17(19)20)15(18)11-2-1-3-14-10(11)6-7-21-14/h4-8,11H,1-3H2. The number of halogens is 1. The SMILES string of the molecule is O=C(c1ccc(F)cc1[N+](=O)[O-])C1CCCc2sccc21. The molecule has 1 atom stereocenters. The third kappa shape index (κ3) is 2.47. The van der Waals surface area contributed by atoms with E-state index in [0.29, 0.717) is 6.42 Å². The van der Waals surface area contributed by atoms with Gasteiger partial charge in [-0.2, -0.15) is 0 Å². The molecule has 21 heavy (non-hydrogen) atoms. The van der Waals surface area contributed by atoms with Crippen molar-refractivity contribution in [2.24, 2.45) is 0 Å². The molecule has 1 unspecified atom stereocenters. The Bertz CT molecular complexity index is 725. The van der Waals surface area contributed by atoms with Crippen LogP contribution in [0.25, 0.3) is 0 Å². The van der Waals surface area contributed by atoms with E-state index in [0.717, 1.165) is 30.5 Å². The Labute approximate surface area is 124 Å². The quantitative estimate of drug-likeness (QED) is 0.487. The summed E-state index contributed by atoms with van der Waals surface area (Å²) in [5, 5.41) is 13.0. The molecule has 3 rings (SSSR count). The minimum absolute atomic E-state index is 0.00884. The number of nitro groups is 1. The molecule has 0 saturated carbocycles. The van der Waals surface area contributed by atoms with Crippen molar-refractivity contribution in [2.45, 2.75) is 25.2 Å². The number of fused-ring (bicyclic) bond motifs is 1. The van der Waals surface area contributed by atoms with Gasteiger partial charge in [-0.3, -0.25) is 14.9 Å². The molecular weight excluding hydrogens is 293 g/mol. The Morgan fingerprint density at radius 1 is 1.38 bits per heavy atom. The van der Waals surface area contributed by atoms with Gasteiger partial charge < -0.3 is 0 Å². The highest BCUT2D eigenvalue weighted by atomic mass is 32.1. The molecular formula is C15H12FNO3S. The number of Topliss-reactive ketones (excluding diaryl/α,β-unsaturated/α-hetero) is 1. The van der Waals surface area contributed by atoms with Crippen molar-refractivity contribution in [3.05, 3.63) is 61.6 Å². The largest absolute Gasteiger partial charge is 0.293 e. The van der Waals surface area contributed by atoms with Crippen LogP contribution in [0.2, 0.25) is 0 Å². The monoisotopic (exact) mass is 305 g/mol. The normalized spacial score (nSPS) is 17.3. The Hall–Kier alpha value is -2.08. The number of carbonyl (C=O) groups is 1. The van der Waals surface area contributed by atoms with Gasteiger partial charge in [0.05, 0.1) is 16.6 Å². The third-order valence-electron chi connectivity index (χ3n) is 3.79. The second kappa shape index (κ2) is 5.37. The number of carbonyl (C=O) groups excluding carboxylic acids is 1. The van der Waals surface area contributed by atoms with E-state index in [4.69, 9.17) is 0 Å². The summed E-state index contributed by atoms with van der Waals surface area (Å²) >= 11 is 1.61. The number of benzene rings is 1. The van der Waals surface area contributed by atoms with Gasteiger partial charge in [-0.1, -0.05) is 0 Å². The van der Waals surface area contributed by atoms with E-state index in [1.165, 1.54) is 10.9 Å². The number of ketones is 1. The first-order valence-corrected chi connectivity index (χ1v) is 7.50. The zero-order chi connectivity index (χ0) is 15.0. The van der Waals surface area contributed by atoms with Gasteiger partial charge in [0, 0.05) is 10.8 Å². The van der Waals surface area contributed by atoms with E-state index in [1.54, 1.807) is 11.3 Å². The topological polar surface area (TPSA) is 60.2 Å². The molecule has 0 fully saturated rings. The summed E-state index contributed by atoms with van der Waals surface area (Å²) in [5.74, 6) is -1.36. The summed E-state index contributed by atoms with van der Waals surface area (Å²) in [7, 11) is 0. The van der Waals surface area contributed by atoms with Crippen molar-refractivity contribution in [1.82, 2.24) is 0 Å². The molecule has 1 aliphatic carbocycles. The smallest absolute Gasteiger partial charge is 0.283 e. The van der Waals surface area contributed by atoms with Crippen LogP contribution in [0.15, 0.2) is 29.6 Å². The van der Waals surface area contributed by atoms with Gasteiger partial charge in [-0.05, 0) is 48.4 Å². The lowest BCUT2D eigenvalue weighted by Crippen LogP contribution is -2.18. The van der Waals surface area contributed by atoms with Gasteiger partial charge in [0.25, 0.3) is 5.69 Å². The van der Waals surface area contributed by atoms with Crippen molar-refractivity contribution in [1.29, 1.82) is 0 Å². The summed E-state index contributed by atoms with van der Waals surface area (Å²) in [6.07, 6.45) is 2.51. The lowest BCUT2D eigenvalue weighted by Gasteiger charge is -2.21. The van der Waals surface area contributed by atoms with Crippen molar-refractivity contribution in [3.8, 4) is 0 Å². The van der Waals surface area contributed by atoms with Crippen molar-refractivity contribution >= 4 is 22.8 Å². The summed E-state index contributed by atoms with van der Waals surface area (Å²) in [6, 6.07) is 5.04. The molecule has 1 aliphatic rings. The highest BCUT2D eigenvalue weighted by molar-refractivity contribution is 7.10. The Morgan fingerprint density at radius 3 is 2.95 bits per heavy atom. The third-order valence-corrected chi connectivity index (χ3v) is 4.79. The van der Waals surface area contributed by atoms with Crippen LogP contribution in [0.5, 0.6) is 0 Å². The molecule has 1 heterocycles. The molecule has 0 N–H and O–H groups in total. The molecule has 0 aliphatic heterocycles. The highest BCUT2D eigenvalue weighted by Gasteiger charge is 2.32. The van der Waals surface area contributed by atoms with E-state index in [1.807, 2.05) is 11.4 Å². The zero-order valence-electron chi connectivity index (χ0n) is 11.0. The molecule has 0 saturated heterocycles. The number of hydrogen-bond donors (Lipinski definition) is 0. The summed E-state index contributed by atoms with van der Waals surface area (Å²) in [4.78, 5) is 24.2. The average molecular weight is 305 g/mol. The van der Waals surface area contributed by atoms with Crippen LogP contribution in [-0.2, 0) is 6.42 Å². The van der Waals surface area contributed by atoms with Crippen LogP contribution >= 0.6 is 11.3 Å². The number of thiophene rings is 1. The first-order chi connectivity index (χ1) is 10.1. The van der Waals surface area contributed by atoms with Gasteiger partial charge in [0.15, 0.2) is 5.78 Å². The molecule has 1 aromatic carbocycles. The predicted molar refractivity (Wildman–Crippen MR) is 77.4 cm³/mol. The number of hydrogen-bond acceptors (Lipinski definition) is 4. The van der Waals surface area contributed by atoms with Crippen LogP contribution in [0.1, 0.15) is 39.6 Å². The second-order valence-electron chi connectivity index (χ2n) is 5.03. The van der Waals surface area contributed by atoms with Gasteiger partial charge in [-0.25, -0.2) is 4.39 Å². The van der Waals surface area contributed by atoms with Crippen LogP contribution < -0.4 is 0 Å². The summed E-state index contributed by atoms with van der Waals surface area (Å²) < 4.78 is 13.2. The predicted octanol–water partition coefficient (Wildman–Crippen LogP) is 4.10. The molecule has 2 aromatic rings. The molecule has 6 heteroatoms. The fourth-order valence-electron chi connectivity index (χ4n) is 2.81. The minimum atomic E-state index is -0.710. The fraction of sp³-hybridized carbons (Fsp3) is 0.267. The number of nitro benzene ring substituents is 1. The van der Waals surface area contributed by atoms with Gasteiger partial charge in [0.2, 0.25) is 0 Å².